The van der Waals surface area contributed by atoms with E-state index in [9.17, 15) is 8.78 Å². The zero-order valence-corrected chi connectivity index (χ0v) is 32.4. The number of methoxy groups -OCH3 is 1. The van der Waals surface area contributed by atoms with Gasteiger partial charge in [-0.2, -0.15) is 15.1 Å². The van der Waals surface area contributed by atoms with E-state index in [2.05, 4.69) is 42.0 Å². The van der Waals surface area contributed by atoms with Gasteiger partial charge < -0.3 is 19.1 Å². The Morgan fingerprint density at radius 1 is 0.808 bits per heavy atom. The second-order valence-electron chi connectivity index (χ2n) is 13.3. The summed E-state index contributed by atoms with van der Waals surface area (Å²) >= 11 is 14.8. The van der Waals surface area contributed by atoms with Crippen molar-refractivity contribution in [2.75, 3.05) is 25.1 Å². The van der Waals surface area contributed by atoms with E-state index in [1.807, 2.05) is 33.8 Å². The molecule has 0 amide bonds. The predicted molar refractivity (Wildman–Crippen MR) is 198 cm³/mol. The summed E-state index contributed by atoms with van der Waals surface area (Å²) in [5.41, 5.74) is 1.16. The number of aromatic nitrogens is 7. The molecule has 0 spiro atoms. The highest BCUT2D eigenvalue weighted by Gasteiger charge is 2.42. The van der Waals surface area contributed by atoms with Crippen molar-refractivity contribution in [1.29, 1.82) is 0 Å². The Bertz CT molecular complexity index is 2000. The number of hydrogen-bond acceptors (Lipinski definition) is 9. The van der Waals surface area contributed by atoms with Gasteiger partial charge in [0.05, 0.1) is 29.2 Å². The predicted octanol–water partition coefficient (Wildman–Crippen LogP) is 9.76. The Labute approximate surface area is 319 Å². The summed E-state index contributed by atoms with van der Waals surface area (Å²) in [6.07, 6.45) is 5.07. The van der Waals surface area contributed by atoms with Gasteiger partial charge in [0.15, 0.2) is 5.82 Å². The quantitative estimate of drug-likeness (QED) is 0.136. The van der Waals surface area contributed by atoms with Crippen LogP contribution in [0.5, 0.6) is 29.4 Å². The van der Waals surface area contributed by atoms with Crippen molar-refractivity contribution in [3.05, 3.63) is 87.0 Å². The molecule has 3 atom stereocenters. The van der Waals surface area contributed by atoms with Gasteiger partial charge in [0.2, 0.25) is 10.6 Å². The average Bonchev–Trinajstić information content (AvgIpc) is 3.76. The molecular weight excluding hydrogens is 781 g/mol. The average molecular weight is 821 g/mol. The van der Waals surface area contributed by atoms with Crippen molar-refractivity contribution < 1.29 is 23.0 Å². The first kappa shape index (κ1) is 37.7. The van der Waals surface area contributed by atoms with Gasteiger partial charge in [-0.25, -0.2) is 23.1 Å². The minimum Gasteiger partial charge on any atom is -0.481 e. The fourth-order valence-corrected chi connectivity index (χ4v) is 7.29. The maximum absolute atomic E-state index is 13.5. The first-order valence-electron chi connectivity index (χ1n) is 17.0. The van der Waals surface area contributed by atoms with Gasteiger partial charge in [-0.3, -0.25) is 0 Å². The molecule has 4 heterocycles. The van der Waals surface area contributed by atoms with Gasteiger partial charge in [-0.15, -0.1) is 5.10 Å². The number of anilines is 1. The third-order valence-corrected chi connectivity index (χ3v) is 10.1. The van der Waals surface area contributed by atoms with Crippen LogP contribution in [0.25, 0.3) is 0 Å². The molecule has 1 unspecified atom stereocenters. The van der Waals surface area contributed by atoms with Gasteiger partial charge in [0.1, 0.15) is 23.1 Å². The van der Waals surface area contributed by atoms with E-state index >= 15 is 0 Å². The van der Waals surface area contributed by atoms with Crippen LogP contribution in [0.2, 0.25) is 10.0 Å². The van der Waals surface area contributed by atoms with E-state index in [-0.39, 0.29) is 22.1 Å². The van der Waals surface area contributed by atoms with E-state index in [1.54, 1.807) is 28.7 Å². The minimum absolute atomic E-state index is 0.00202. The Hall–Kier alpha value is -4.01. The van der Waals surface area contributed by atoms with Crippen LogP contribution in [0.15, 0.2) is 59.5 Å². The number of benzene rings is 2. The molecule has 11 nitrogen and oxygen atoms in total. The van der Waals surface area contributed by atoms with Crippen molar-refractivity contribution in [1.82, 2.24) is 34.5 Å². The van der Waals surface area contributed by atoms with E-state index < -0.39 is 11.6 Å². The molecule has 1 saturated carbocycles. The van der Waals surface area contributed by atoms with Crippen LogP contribution in [0, 0.1) is 29.4 Å². The first-order chi connectivity index (χ1) is 24.9. The third kappa shape index (κ3) is 8.78. The van der Waals surface area contributed by atoms with Crippen molar-refractivity contribution in [2.45, 2.75) is 59.0 Å². The van der Waals surface area contributed by atoms with Gasteiger partial charge in [-0.1, -0.05) is 23.2 Å². The first-order valence-corrected chi connectivity index (χ1v) is 18.5. The topological polar surface area (TPSA) is 105 Å². The third-order valence-electron chi connectivity index (χ3n) is 9.14. The number of piperidine rings is 1. The van der Waals surface area contributed by atoms with E-state index in [0.29, 0.717) is 51.9 Å². The molecule has 1 aliphatic carbocycles. The normalized spacial score (nSPS) is 18.1. The van der Waals surface area contributed by atoms with Crippen LogP contribution in [0.4, 0.5) is 14.5 Å². The molecule has 2 fully saturated rings. The Kier molecular flexibility index (Phi) is 11.9. The Morgan fingerprint density at radius 3 is 1.90 bits per heavy atom. The smallest absolute Gasteiger partial charge is 0.321 e. The molecule has 52 heavy (non-hydrogen) atoms. The van der Waals surface area contributed by atoms with Crippen LogP contribution in [-0.2, 0) is 6.42 Å². The molecular formula is C36H39BrCl2F2N8O3. The number of rotatable bonds is 10. The van der Waals surface area contributed by atoms with Crippen LogP contribution < -0.4 is 19.1 Å². The number of ether oxygens (including phenoxy) is 3. The van der Waals surface area contributed by atoms with Crippen LogP contribution in [0.3, 0.4) is 0 Å². The molecule has 16 heteroatoms. The molecule has 3 aromatic heterocycles. The number of pyridine rings is 1. The summed E-state index contributed by atoms with van der Waals surface area (Å²) in [6.45, 7) is 9.99. The molecule has 2 bridgehead atoms. The zero-order valence-electron chi connectivity index (χ0n) is 29.3. The maximum atomic E-state index is 13.5. The lowest BCUT2D eigenvalue weighted by Gasteiger charge is -2.39. The number of fused-ring (bicyclic) bond motifs is 2. The lowest BCUT2D eigenvalue weighted by atomic mass is 9.82. The van der Waals surface area contributed by atoms with E-state index in [0.717, 1.165) is 31.0 Å². The van der Waals surface area contributed by atoms with Gasteiger partial charge >= 0.3 is 12.0 Å². The highest BCUT2D eigenvalue weighted by molar-refractivity contribution is 9.10. The molecule has 0 radical (unpaired) electrons. The number of hydrogen-bond donors (Lipinski definition) is 0. The van der Waals surface area contributed by atoms with Crippen LogP contribution in [-0.4, -0.2) is 54.7 Å². The van der Waals surface area contributed by atoms with Crippen LogP contribution >= 0.6 is 39.1 Å². The summed E-state index contributed by atoms with van der Waals surface area (Å²) in [4.78, 5) is 15.5. The molecule has 2 aromatic carbocycles. The molecule has 1 saturated heterocycles. The summed E-state index contributed by atoms with van der Waals surface area (Å²) in [5.74, 6) is 3.02. The van der Waals surface area contributed by atoms with Gasteiger partial charge in [0.25, 0.3) is 0 Å². The summed E-state index contributed by atoms with van der Waals surface area (Å²) in [5, 5.41) is 8.93. The summed E-state index contributed by atoms with van der Waals surface area (Å²) in [6, 6.07) is 13.4. The monoisotopic (exact) mass is 818 g/mol. The van der Waals surface area contributed by atoms with Crippen molar-refractivity contribution >= 4 is 44.8 Å². The second-order valence-corrected chi connectivity index (χ2v) is 14.9. The van der Waals surface area contributed by atoms with Gasteiger partial charge in [-0.05, 0) is 105 Å². The highest BCUT2D eigenvalue weighted by Crippen LogP contribution is 2.45. The number of nitrogens with zero attached hydrogens (tertiary/aromatic N) is 8. The zero-order chi connectivity index (χ0) is 37.1. The SMILES string of the molecule is CC(C)n1nc(Br)nc1Oc1ccc(F)c(Cl)c1.COc1cc(N2C[C@H]3CC[C@@H](C2)C3Cc2nc(Oc3ccc(F)c(Cl)c3)n(C(C)C)n2)ccn1. The molecule has 7 rings (SSSR count). The molecule has 5 aromatic rings. The lowest BCUT2D eigenvalue weighted by Crippen LogP contribution is -2.42. The summed E-state index contributed by atoms with van der Waals surface area (Å²) in [7, 11) is 1.65. The second kappa shape index (κ2) is 16.3. The largest absolute Gasteiger partial charge is 0.481 e. The number of halogens is 5. The fraction of sp³-hybridized carbons (Fsp3) is 0.417. The van der Waals surface area contributed by atoms with Crippen molar-refractivity contribution in [2.24, 2.45) is 17.8 Å². The highest BCUT2D eigenvalue weighted by atomic mass is 79.9. The fourth-order valence-electron chi connectivity index (χ4n) is 6.62. The maximum Gasteiger partial charge on any atom is 0.321 e. The van der Waals surface area contributed by atoms with E-state index in [4.69, 9.17) is 47.5 Å². The Balaban J connectivity index is 0.000000217. The molecule has 0 N–H and O–H groups in total. The van der Waals surface area contributed by atoms with Crippen molar-refractivity contribution in [3.8, 4) is 29.4 Å². The van der Waals surface area contributed by atoms with Crippen molar-refractivity contribution in [3.63, 3.8) is 0 Å². The summed E-state index contributed by atoms with van der Waals surface area (Å²) < 4.78 is 47.2. The lowest BCUT2D eigenvalue weighted by molar-refractivity contribution is 0.265. The standard InChI is InChI=1S/C25H29ClFN5O2.C11H10BrClFN3O/c1-15(2)32-25(34-19-6-7-22(27)21(26)11-19)29-23(30-32)12-20-16-4-5-17(20)14-31(13-16)18-8-9-28-24(10-18)33-3;1-6(2)17-11(15-10(12)16-17)18-7-3-4-9(14)8(13)5-7/h6-11,15-17,20H,4-5,12-14H2,1-3H3;3-6H,1-2H3/t16-,17+,20?;. The van der Waals surface area contributed by atoms with Crippen LogP contribution in [0.1, 0.15) is 58.4 Å². The van der Waals surface area contributed by atoms with E-state index in [1.165, 1.54) is 43.2 Å². The molecule has 1 aliphatic heterocycles. The van der Waals surface area contributed by atoms with Gasteiger partial charge in [0, 0.05) is 49.6 Å². The Morgan fingerprint density at radius 2 is 1.37 bits per heavy atom. The minimum atomic E-state index is -0.490. The molecule has 276 valence electrons. The molecule has 2 aliphatic rings.